The fraction of sp³-hybridized carbons (Fsp3) is 0.0566. The molecule has 10 rings (SSSR count). The lowest BCUT2D eigenvalue weighted by atomic mass is 9.81. The third-order valence-corrected chi connectivity index (χ3v) is 11.4. The van der Waals surface area contributed by atoms with E-state index in [0.29, 0.717) is 0 Å². The van der Waals surface area contributed by atoms with Crippen molar-refractivity contribution >= 4 is 38.6 Å². The molecule has 0 spiro atoms. The smallest absolute Gasteiger partial charge is 0.0540 e. The summed E-state index contributed by atoms with van der Waals surface area (Å²) in [5.74, 6) is 0. The van der Waals surface area contributed by atoms with Crippen molar-refractivity contribution in [1.82, 2.24) is 0 Å². The molecule has 0 bridgehead atoms. The molecular formula is C53H39N. The van der Waals surface area contributed by atoms with Gasteiger partial charge in [-0.1, -0.05) is 178 Å². The molecule has 0 fully saturated rings. The van der Waals surface area contributed by atoms with Gasteiger partial charge in [-0.05, 0) is 108 Å². The molecule has 9 aromatic rings. The molecule has 1 aliphatic carbocycles. The predicted molar refractivity (Wildman–Crippen MR) is 230 cm³/mol. The van der Waals surface area contributed by atoms with Gasteiger partial charge in [-0.3, -0.25) is 0 Å². The molecule has 0 saturated heterocycles. The van der Waals surface area contributed by atoms with Gasteiger partial charge >= 0.3 is 0 Å². The van der Waals surface area contributed by atoms with Crippen LogP contribution in [-0.2, 0) is 5.41 Å². The molecule has 256 valence electrons. The monoisotopic (exact) mass is 689 g/mol. The van der Waals surface area contributed by atoms with Crippen LogP contribution in [0.1, 0.15) is 25.0 Å². The Labute approximate surface area is 317 Å². The molecule has 0 unspecified atom stereocenters. The lowest BCUT2D eigenvalue weighted by molar-refractivity contribution is 0.660. The van der Waals surface area contributed by atoms with Gasteiger partial charge in [0.2, 0.25) is 0 Å². The zero-order valence-corrected chi connectivity index (χ0v) is 30.5. The Morgan fingerprint density at radius 2 is 1.00 bits per heavy atom. The molecule has 0 heterocycles. The summed E-state index contributed by atoms with van der Waals surface area (Å²) >= 11 is 0. The van der Waals surface area contributed by atoms with Crippen LogP contribution in [0, 0.1) is 0 Å². The standard InChI is InChI=1S/C53H39N/c1-53(2)48-26-15-25-44(40-29-28-36-16-9-10-20-39(36)34-40)52(48)47-33-31-42(35-49(47)53)54(41-21-7-4-8-22-41)50-27-14-13-24-45(50)46-32-30-37-17-11-12-23-43(37)51(46)38-18-5-3-6-19-38/h3-35H,1-2H3. The Hall–Kier alpha value is -6.70. The average molecular weight is 690 g/mol. The van der Waals surface area contributed by atoms with Crippen LogP contribution in [0.5, 0.6) is 0 Å². The van der Waals surface area contributed by atoms with Crippen molar-refractivity contribution in [3.63, 3.8) is 0 Å². The zero-order valence-electron chi connectivity index (χ0n) is 30.5. The molecule has 0 atom stereocenters. The van der Waals surface area contributed by atoms with Gasteiger partial charge in [0.15, 0.2) is 0 Å². The van der Waals surface area contributed by atoms with Crippen molar-refractivity contribution in [1.29, 1.82) is 0 Å². The van der Waals surface area contributed by atoms with Crippen molar-refractivity contribution in [3.05, 3.63) is 211 Å². The van der Waals surface area contributed by atoms with E-state index in [0.717, 1.165) is 17.1 Å². The van der Waals surface area contributed by atoms with Crippen molar-refractivity contribution < 1.29 is 0 Å². The van der Waals surface area contributed by atoms with Gasteiger partial charge in [-0.15, -0.1) is 0 Å². The first-order valence-corrected chi connectivity index (χ1v) is 18.9. The van der Waals surface area contributed by atoms with E-state index < -0.39 is 0 Å². The van der Waals surface area contributed by atoms with Gasteiger partial charge in [0, 0.05) is 22.4 Å². The van der Waals surface area contributed by atoms with Crippen molar-refractivity contribution in [2.75, 3.05) is 4.90 Å². The Morgan fingerprint density at radius 3 is 1.83 bits per heavy atom. The first kappa shape index (κ1) is 32.0. The van der Waals surface area contributed by atoms with Crippen molar-refractivity contribution in [3.8, 4) is 44.5 Å². The fourth-order valence-corrected chi connectivity index (χ4v) is 8.82. The number of anilines is 3. The Bertz CT molecular complexity index is 2850. The maximum Gasteiger partial charge on any atom is 0.0540 e. The third kappa shape index (κ3) is 5.16. The maximum atomic E-state index is 2.45. The lowest BCUT2D eigenvalue weighted by Gasteiger charge is -2.30. The summed E-state index contributed by atoms with van der Waals surface area (Å²) in [7, 11) is 0. The quantitative estimate of drug-likeness (QED) is 0.168. The molecule has 1 aliphatic rings. The maximum absolute atomic E-state index is 2.45. The van der Waals surface area contributed by atoms with E-state index in [1.807, 2.05) is 0 Å². The largest absolute Gasteiger partial charge is 0.310 e. The highest BCUT2D eigenvalue weighted by Crippen LogP contribution is 2.54. The number of para-hydroxylation sites is 2. The van der Waals surface area contributed by atoms with Crippen LogP contribution in [0.2, 0.25) is 0 Å². The predicted octanol–water partition coefficient (Wildman–Crippen LogP) is 14.8. The molecule has 0 N–H and O–H groups in total. The molecule has 0 aromatic heterocycles. The number of hydrogen-bond acceptors (Lipinski definition) is 1. The third-order valence-electron chi connectivity index (χ3n) is 11.4. The van der Waals surface area contributed by atoms with Crippen LogP contribution in [-0.4, -0.2) is 0 Å². The van der Waals surface area contributed by atoms with Gasteiger partial charge in [0.25, 0.3) is 0 Å². The van der Waals surface area contributed by atoms with Crippen molar-refractivity contribution in [2.45, 2.75) is 19.3 Å². The molecule has 54 heavy (non-hydrogen) atoms. The minimum Gasteiger partial charge on any atom is -0.310 e. The SMILES string of the molecule is CC1(C)c2cc(N(c3ccccc3)c3ccccc3-c3ccc4ccccc4c3-c3ccccc3)ccc2-c2c(-c3ccc4ccccc4c3)cccc21. The van der Waals surface area contributed by atoms with E-state index in [1.165, 1.54) is 77.2 Å². The van der Waals surface area contributed by atoms with E-state index >= 15 is 0 Å². The van der Waals surface area contributed by atoms with Gasteiger partial charge in [0.05, 0.1) is 5.69 Å². The van der Waals surface area contributed by atoms with Gasteiger partial charge in [-0.2, -0.15) is 0 Å². The molecule has 0 aliphatic heterocycles. The average Bonchev–Trinajstić information content (AvgIpc) is 3.46. The normalized spacial score (nSPS) is 12.8. The number of hydrogen-bond donors (Lipinski definition) is 0. The first-order valence-electron chi connectivity index (χ1n) is 18.9. The summed E-state index contributed by atoms with van der Waals surface area (Å²) in [5.41, 5.74) is 16.0. The topological polar surface area (TPSA) is 3.24 Å². The first-order chi connectivity index (χ1) is 26.6. The van der Waals surface area contributed by atoms with Crippen LogP contribution >= 0.6 is 0 Å². The molecule has 0 amide bonds. The summed E-state index contributed by atoms with van der Waals surface area (Å²) in [4.78, 5) is 2.45. The van der Waals surface area contributed by atoms with E-state index in [9.17, 15) is 0 Å². The highest BCUT2D eigenvalue weighted by atomic mass is 15.1. The van der Waals surface area contributed by atoms with Gasteiger partial charge < -0.3 is 4.90 Å². The lowest BCUT2D eigenvalue weighted by Crippen LogP contribution is -2.17. The van der Waals surface area contributed by atoms with Crippen molar-refractivity contribution in [2.24, 2.45) is 0 Å². The van der Waals surface area contributed by atoms with Crippen LogP contribution in [0.4, 0.5) is 17.1 Å². The number of nitrogens with zero attached hydrogens (tertiary/aromatic N) is 1. The van der Waals surface area contributed by atoms with Crippen LogP contribution in [0.3, 0.4) is 0 Å². The fourth-order valence-electron chi connectivity index (χ4n) is 8.82. The highest BCUT2D eigenvalue weighted by Gasteiger charge is 2.37. The molecule has 1 heteroatoms. The minimum atomic E-state index is -0.186. The van der Waals surface area contributed by atoms with Gasteiger partial charge in [0.1, 0.15) is 0 Å². The van der Waals surface area contributed by atoms with Crippen LogP contribution in [0.25, 0.3) is 66.1 Å². The van der Waals surface area contributed by atoms with E-state index in [1.54, 1.807) is 0 Å². The second-order valence-electron chi connectivity index (χ2n) is 14.9. The summed E-state index contributed by atoms with van der Waals surface area (Å²) in [6.07, 6.45) is 0. The second-order valence-corrected chi connectivity index (χ2v) is 14.9. The molecule has 0 radical (unpaired) electrons. The van der Waals surface area contributed by atoms with Gasteiger partial charge in [-0.25, -0.2) is 0 Å². The summed E-state index contributed by atoms with van der Waals surface area (Å²) < 4.78 is 0. The number of rotatable bonds is 6. The Morgan fingerprint density at radius 1 is 0.352 bits per heavy atom. The summed E-state index contributed by atoms with van der Waals surface area (Å²) in [6, 6.07) is 73.4. The molecule has 9 aromatic carbocycles. The second kappa shape index (κ2) is 12.8. The molecule has 0 saturated carbocycles. The molecular weight excluding hydrogens is 651 g/mol. The summed E-state index contributed by atoms with van der Waals surface area (Å²) in [6.45, 7) is 4.77. The summed E-state index contributed by atoms with van der Waals surface area (Å²) in [5, 5.41) is 5.02. The Balaban J connectivity index is 1.17. The number of benzene rings is 9. The zero-order chi connectivity index (χ0) is 36.2. The Kier molecular flexibility index (Phi) is 7.56. The van der Waals surface area contributed by atoms with E-state index in [-0.39, 0.29) is 5.41 Å². The van der Waals surface area contributed by atoms with Crippen LogP contribution in [0.15, 0.2) is 200 Å². The minimum absolute atomic E-state index is 0.186. The molecule has 1 nitrogen and oxygen atoms in total. The highest BCUT2D eigenvalue weighted by molar-refractivity contribution is 6.06. The van der Waals surface area contributed by atoms with E-state index in [4.69, 9.17) is 0 Å². The van der Waals surface area contributed by atoms with Crippen LogP contribution < -0.4 is 4.90 Å². The van der Waals surface area contributed by atoms with E-state index in [2.05, 4.69) is 219 Å². The number of fused-ring (bicyclic) bond motifs is 5.